The minimum Gasteiger partial charge on any atom is -0.693 e. The van der Waals surface area contributed by atoms with Crippen LogP contribution in [0, 0.1) is 6.07 Å². The maximum atomic E-state index is 5.48. The summed E-state index contributed by atoms with van der Waals surface area (Å²) >= 11 is 0. The summed E-state index contributed by atoms with van der Waals surface area (Å²) in [5, 5.41) is 0. The summed E-state index contributed by atoms with van der Waals surface area (Å²) in [6.45, 7) is 2.11. The van der Waals surface area contributed by atoms with Gasteiger partial charge in [0, 0.05) is 0 Å². The Morgan fingerprint density at radius 2 is 2.18 bits per heavy atom. The van der Waals surface area contributed by atoms with Gasteiger partial charge < -0.3 is 11.9 Å². The molecule has 56 valence electrons. The zero-order valence-corrected chi connectivity index (χ0v) is 10.2. The van der Waals surface area contributed by atoms with Gasteiger partial charge in [-0.1, -0.05) is 19.0 Å². The van der Waals surface area contributed by atoms with Crippen molar-refractivity contribution in [2.24, 2.45) is 0 Å². The molecule has 2 nitrogen and oxygen atoms in total. The van der Waals surface area contributed by atoms with Crippen molar-refractivity contribution in [3.63, 3.8) is 0 Å². The van der Waals surface area contributed by atoms with E-state index < -0.39 is 0 Å². The Kier molecular flexibility index (Phi) is 9.36. The molecule has 0 radical (unpaired) electrons. The predicted molar refractivity (Wildman–Crippen MR) is 44.4 cm³/mol. The van der Waals surface area contributed by atoms with Gasteiger partial charge >= 0.3 is 51.4 Å². The molecule has 0 aliphatic heterocycles. The van der Waals surface area contributed by atoms with Crippen molar-refractivity contribution in [2.45, 2.75) is 13.3 Å². The Labute approximate surface area is 111 Å². The fraction of sp³-hybridized carbons (Fsp3) is 0.250. The molecule has 0 aliphatic rings. The fourth-order valence-electron chi connectivity index (χ4n) is 0.754. The first kappa shape index (κ1) is 14.2. The zero-order chi connectivity index (χ0) is 6.69. The van der Waals surface area contributed by atoms with Crippen molar-refractivity contribution in [3.8, 4) is 0 Å². The van der Waals surface area contributed by atoms with Gasteiger partial charge in [-0.15, -0.1) is 6.07 Å². The standard InChI is InChI=1S/C8H10N.K.H2N/c1-2-7-4-3-5-8(9)6-7;;/h3-4,6H,2,9H2,1H3;;1H2/q-1;+1;-1. The Morgan fingerprint density at radius 3 is 2.55 bits per heavy atom. The molecule has 1 rings (SSSR count). The van der Waals surface area contributed by atoms with Crippen molar-refractivity contribution in [1.29, 1.82) is 0 Å². The van der Waals surface area contributed by atoms with Gasteiger partial charge in [0.05, 0.1) is 0 Å². The molecule has 3 heteroatoms. The summed E-state index contributed by atoms with van der Waals surface area (Å²) in [5.41, 5.74) is 7.48. The van der Waals surface area contributed by atoms with Crippen LogP contribution >= 0.6 is 0 Å². The minimum absolute atomic E-state index is 0. The van der Waals surface area contributed by atoms with Crippen molar-refractivity contribution >= 4 is 5.69 Å². The molecule has 1 aromatic carbocycles. The third-order valence-electron chi connectivity index (χ3n) is 1.30. The first-order chi connectivity index (χ1) is 4.33. The van der Waals surface area contributed by atoms with E-state index in [1.54, 1.807) is 0 Å². The minimum atomic E-state index is 0. The van der Waals surface area contributed by atoms with Crippen LogP contribution in [-0.2, 0) is 6.42 Å². The molecule has 0 unspecified atom stereocenters. The quantitative estimate of drug-likeness (QED) is 0.344. The Bertz CT molecular complexity index is 201. The second-order valence-electron chi connectivity index (χ2n) is 2.01. The zero-order valence-electron chi connectivity index (χ0n) is 7.09. The predicted octanol–water partition coefficient (Wildman–Crippen LogP) is -0.648. The van der Waals surface area contributed by atoms with Gasteiger partial charge in [-0.3, -0.25) is 0 Å². The molecule has 0 saturated heterocycles. The first-order valence-electron chi connectivity index (χ1n) is 3.09. The molecule has 0 heterocycles. The van der Waals surface area contributed by atoms with Gasteiger partial charge in [0.15, 0.2) is 0 Å². The molecule has 0 amide bonds. The third kappa shape index (κ3) is 4.95. The number of benzene rings is 1. The molecule has 11 heavy (non-hydrogen) atoms. The molecule has 0 fully saturated rings. The van der Waals surface area contributed by atoms with Gasteiger partial charge in [-0.05, 0) is 0 Å². The van der Waals surface area contributed by atoms with Crippen LogP contribution in [0.2, 0.25) is 0 Å². The molecular weight excluding hydrogens is 163 g/mol. The summed E-state index contributed by atoms with van der Waals surface area (Å²) in [6, 6.07) is 8.71. The summed E-state index contributed by atoms with van der Waals surface area (Å²) in [5.74, 6) is 0. The molecule has 0 atom stereocenters. The molecular formula is C8H12KN2-. The number of rotatable bonds is 1. The number of hydrogen-bond donors (Lipinski definition) is 1. The van der Waals surface area contributed by atoms with E-state index in [2.05, 4.69) is 13.0 Å². The molecule has 0 spiro atoms. The molecule has 1 aromatic rings. The third-order valence-corrected chi connectivity index (χ3v) is 1.30. The molecule has 4 N–H and O–H groups in total. The van der Waals surface area contributed by atoms with Crippen LogP contribution in [0.1, 0.15) is 12.5 Å². The second kappa shape index (κ2) is 7.28. The number of nitrogens with two attached hydrogens (primary N) is 2. The van der Waals surface area contributed by atoms with Crippen molar-refractivity contribution in [3.05, 3.63) is 36.0 Å². The number of hydrogen-bond acceptors (Lipinski definition) is 1. The molecule has 0 aliphatic carbocycles. The van der Waals surface area contributed by atoms with Gasteiger partial charge in [-0.25, -0.2) is 0 Å². The van der Waals surface area contributed by atoms with Crippen LogP contribution in [-0.4, -0.2) is 0 Å². The fourth-order valence-corrected chi connectivity index (χ4v) is 0.754. The Hall–Kier alpha value is 0.616. The van der Waals surface area contributed by atoms with Crippen molar-refractivity contribution in [1.82, 2.24) is 0 Å². The smallest absolute Gasteiger partial charge is 0.693 e. The summed E-state index contributed by atoms with van der Waals surface area (Å²) < 4.78 is 0. The first-order valence-corrected chi connectivity index (χ1v) is 3.09. The topological polar surface area (TPSA) is 59.5 Å². The van der Waals surface area contributed by atoms with Gasteiger partial charge in [0.2, 0.25) is 0 Å². The van der Waals surface area contributed by atoms with E-state index in [1.807, 2.05) is 18.2 Å². The Morgan fingerprint density at radius 1 is 1.55 bits per heavy atom. The SMILES string of the molecule is CCc1cc[c-]c(N)c1.[K+].[NH2-]. The normalized spacial score (nSPS) is 7.73. The van der Waals surface area contributed by atoms with Gasteiger partial charge in [-0.2, -0.15) is 23.8 Å². The molecule has 0 bridgehead atoms. The van der Waals surface area contributed by atoms with E-state index in [0.29, 0.717) is 0 Å². The number of nitrogen functional groups attached to an aromatic ring is 1. The summed E-state index contributed by atoms with van der Waals surface area (Å²) in [4.78, 5) is 0. The average Bonchev–Trinajstić information content (AvgIpc) is 1.88. The summed E-state index contributed by atoms with van der Waals surface area (Å²) in [6.07, 6.45) is 1.04. The second-order valence-corrected chi connectivity index (χ2v) is 2.01. The largest absolute Gasteiger partial charge is 1.00 e. The van der Waals surface area contributed by atoms with Gasteiger partial charge in [0.25, 0.3) is 0 Å². The number of anilines is 1. The van der Waals surface area contributed by atoms with Gasteiger partial charge in [0.1, 0.15) is 0 Å². The average molecular weight is 175 g/mol. The van der Waals surface area contributed by atoms with Crippen LogP contribution in [0.5, 0.6) is 0 Å². The van der Waals surface area contributed by atoms with Crippen molar-refractivity contribution in [2.75, 3.05) is 5.73 Å². The van der Waals surface area contributed by atoms with Crippen molar-refractivity contribution < 1.29 is 51.4 Å². The van der Waals surface area contributed by atoms with E-state index in [4.69, 9.17) is 5.73 Å². The summed E-state index contributed by atoms with van der Waals surface area (Å²) in [7, 11) is 0. The van der Waals surface area contributed by atoms with Crippen LogP contribution < -0.4 is 57.1 Å². The van der Waals surface area contributed by atoms with Crippen LogP contribution in [0.25, 0.3) is 6.15 Å². The van der Waals surface area contributed by atoms with E-state index in [9.17, 15) is 0 Å². The Balaban J connectivity index is 0. The molecule has 0 saturated carbocycles. The number of aryl methyl sites for hydroxylation is 1. The molecule has 0 aromatic heterocycles. The van der Waals surface area contributed by atoms with E-state index in [0.717, 1.165) is 12.1 Å². The monoisotopic (exact) mass is 175 g/mol. The van der Waals surface area contributed by atoms with Crippen LogP contribution in [0.4, 0.5) is 5.69 Å². The van der Waals surface area contributed by atoms with E-state index in [1.165, 1.54) is 5.56 Å². The van der Waals surface area contributed by atoms with E-state index in [-0.39, 0.29) is 57.5 Å². The maximum absolute atomic E-state index is 5.48. The van der Waals surface area contributed by atoms with Crippen LogP contribution in [0.15, 0.2) is 18.2 Å². The van der Waals surface area contributed by atoms with Crippen LogP contribution in [0.3, 0.4) is 0 Å². The maximum Gasteiger partial charge on any atom is 1.00 e. The van der Waals surface area contributed by atoms with E-state index >= 15 is 0 Å².